The lowest BCUT2D eigenvalue weighted by molar-refractivity contribution is -0.127. The third-order valence-electron chi connectivity index (χ3n) is 25.5. The number of aryl methyl sites for hydroxylation is 8. The molecule has 12 aromatic rings. The number of pyridine rings is 4. The van der Waals surface area contributed by atoms with Crippen LogP contribution in [0.4, 0.5) is 23.8 Å². The van der Waals surface area contributed by atoms with Crippen molar-refractivity contribution in [1.82, 2.24) is 99.0 Å². The number of nitrogens with zero attached hydrogens (tertiary/aromatic N) is 16. The summed E-state index contributed by atoms with van der Waals surface area (Å²) in [5, 5.41) is 24.3. The number of benzene rings is 4. The maximum Gasteiger partial charge on any atom is 0.256 e. The molecular formula is C97H114N24O11. The highest BCUT2D eigenvalue weighted by Crippen LogP contribution is 2.32. The van der Waals surface area contributed by atoms with E-state index in [2.05, 4.69) is 143 Å². The second-order valence-electron chi connectivity index (χ2n) is 34.1. The summed E-state index contributed by atoms with van der Waals surface area (Å²) in [5.41, 5.74) is 14.7. The molecule has 0 spiro atoms. The summed E-state index contributed by atoms with van der Waals surface area (Å²) in [5.74, 6) is 0.250. The molecule has 0 atom stereocenters. The number of aromatic nitrogens is 12. The molecule has 688 valence electrons. The van der Waals surface area contributed by atoms with Crippen LogP contribution >= 0.6 is 0 Å². The van der Waals surface area contributed by atoms with Gasteiger partial charge in [-0.1, -0.05) is 24.3 Å². The van der Waals surface area contributed by atoms with E-state index in [1.807, 2.05) is 38.3 Å². The Labute approximate surface area is 763 Å². The van der Waals surface area contributed by atoms with Crippen molar-refractivity contribution in [3.05, 3.63) is 230 Å². The highest BCUT2D eigenvalue weighted by Gasteiger charge is 2.27. The normalized spacial score (nSPS) is 15.1. The van der Waals surface area contributed by atoms with Gasteiger partial charge in [-0.2, -0.15) is 19.9 Å². The van der Waals surface area contributed by atoms with E-state index in [1.54, 1.807) is 41.0 Å². The summed E-state index contributed by atoms with van der Waals surface area (Å²) >= 11 is 0. The second-order valence-corrected chi connectivity index (χ2v) is 34.1. The summed E-state index contributed by atoms with van der Waals surface area (Å²) in [4.78, 5) is 158. The first-order valence-corrected chi connectivity index (χ1v) is 45.8. The van der Waals surface area contributed by atoms with Gasteiger partial charge in [0.05, 0.1) is 41.4 Å². The minimum atomic E-state index is -0.444. The fourth-order valence-electron chi connectivity index (χ4n) is 18.2. The summed E-state index contributed by atoms with van der Waals surface area (Å²) in [6, 6.07) is 25.1. The van der Waals surface area contributed by atoms with Gasteiger partial charge in [-0.3, -0.25) is 48.1 Å². The van der Waals surface area contributed by atoms with Crippen molar-refractivity contribution in [2.24, 2.45) is 0 Å². The van der Waals surface area contributed by atoms with Crippen LogP contribution in [0.5, 0.6) is 0 Å². The minimum Gasteiger partial charge on any atom is -0.383 e. The highest BCUT2D eigenvalue weighted by molar-refractivity contribution is 6.00. The Bertz CT molecular complexity index is 6600. The third-order valence-corrected chi connectivity index (χ3v) is 25.5. The second kappa shape index (κ2) is 42.5. The molecule has 35 nitrogen and oxygen atoms in total. The van der Waals surface area contributed by atoms with E-state index in [4.69, 9.17) is 19.4 Å². The average Bonchev–Trinajstić information content (AvgIpc) is 0.853. The average molecular weight is 1790 g/mol. The molecule has 8 aromatic heterocycles. The van der Waals surface area contributed by atoms with Gasteiger partial charge in [0.15, 0.2) is 22.6 Å². The zero-order valence-electron chi connectivity index (χ0n) is 75.7. The first kappa shape index (κ1) is 91.7. The van der Waals surface area contributed by atoms with Gasteiger partial charge in [0.25, 0.3) is 23.6 Å². The van der Waals surface area contributed by atoms with Crippen molar-refractivity contribution in [1.29, 1.82) is 0 Å². The fourth-order valence-corrected chi connectivity index (χ4v) is 18.2. The van der Waals surface area contributed by atoms with Gasteiger partial charge >= 0.3 is 0 Å². The summed E-state index contributed by atoms with van der Waals surface area (Å²) < 4.78 is 17.7. The number of piperazine rings is 1. The molecule has 19 rings (SSSR count). The summed E-state index contributed by atoms with van der Waals surface area (Å²) in [6.45, 7) is 14.6. The largest absolute Gasteiger partial charge is 0.383 e. The van der Waals surface area contributed by atoms with Crippen LogP contribution in [0.2, 0.25) is 0 Å². The van der Waals surface area contributed by atoms with Crippen molar-refractivity contribution < 1.29 is 33.4 Å². The van der Waals surface area contributed by atoms with Crippen LogP contribution in [0.1, 0.15) is 144 Å². The van der Waals surface area contributed by atoms with Gasteiger partial charge < -0.3 is 85.0 Å². The van der Waals surface area contributed by atoms with Crippen molar-refractivity contribution in [3.63, 3.8) is 0 Å². The number of hydrogen-bond acceptors (Lipinski definition) is 26. The van der Waals surface area contributed by atoms with E-state index in [-0.39, 0.29) is 49.8 Å². The Balaban J connectivity index is 0.000000129. The van der Waals surface area contributed by atoms with E-state index >= 15 is 0 Å². The molecule has 3 saturated heterocycles. The van der Waals surface area contributed by atoms with Crippen LogP contribution in [-0.2, 0) is 65.6 Å². The lowest BCUT2D eigenvalue weighted by Crippen LogP contribution is -2.44. The van der Waals surface area contributed by atoms with Gasteiger partial charge in [0.1, 0.15) is 22.3 Å². The predicted octanol–water partition coefficient (Wildman–Crippen LogP) is 7.18. The number of methoxy groups -OCH3 is 1. The number of nitrogens with one attached hydrogen (secondary N) is 8. The molecule has 4 aromatic carbocycles. The van der Waals surface area contributed by atoms with E-state index < -0.39 is 29.1 Å². The number of morpholine rings is 1. The molecule has 7 aliphatic rings. The molecule has 0 radical (unpaired) electrons. The van der Waals surface area contributed by atoms with Crippen LogP contribution in [0.3, 0.4) is 0 Å². The first-order valence-electron chi connectivity index (χ1n) is 45.8. The molecule has 4 aliphatic carbocycles. The van der Waals surface area contributed by atoms with Crippen molar-refractivity contribution in [2.75, 3.05) is 175 Å². The van der Waals surface area contributed by atoms with Crippen LogP contribution in [0.15, 0.2) is 142 Å². The lowest BCUT2D eigenvalue weighted by Gasteiger charge is -2.32. The molecule has 3 aliphatic heterocycles. The quantitative estimate of drug-likeness (QED) is 0.0236. The maximum absolute atomic E-state index is 13.1. The van der Waals surface area contributed by atoms with E-state index in [1.165, 1.54) is 97.5 Å². The fraction of sp³-hybridized carbons (Fsp3) is 0.412. The minimum absolute atomic E-state index is 0.0510. The number of likely N-dealkylation sites (N-methyl/N-ethyl adjacent to an activating group) is 1. The molecule has 5 amide bonds. The molecule has 3 fully saturated rings. The summed E-state index contributed by atoms with van der Waals surface area (Å²) in [7, 11) is 9.84. The Morgan fingerprint density at radius 2 is 0.667 bits per heavy atom. The van der Waals surface area contributed by atoms with Crippen LogP contribution in [0.25, 0.3) is 66.9 Å². The topological polar surface area (TPSA) is 404 Å². The Hall–Kier alpha value is -13.6. The van der Waals surface area contributed by atoms with Gasteiger partial charge in [0, 0.05) is 193 Å². The highest BCUT2D eigenvalue weighted by atomic mass is 16.5. The molecule has 0 saturated carbocycles. The van der Waals surface area contributed by atoms with Gasteiger partial charge in [0.2, 0.25) is 51.4 Å². The molecule has 0 unspecified atom stereocenters. The molecule has 35 heteroatoms. The van der Waals surface area contributed by atoms with Gasteiger partial charge in [-0.25, -0.2) is 19.9 Å². The number of carbonyl (C=O) groups excluding carboxylic acids is 5. The number of fused-ring (bicyclic) bond motifs is 8. The molecule has 132 heavy (non-hydrogen) atoms. The smallest absolute Gasteiger partial charge is 0.256 e. The monoisotopic (exact) mass is 1790 g/mol. The number of hydrogen-bond donors (Lipinski definition) is 8. The lowest BCUT2D eigenvalue weighted by atomic mass is 10.1. The van der Waals surface area contributed by atoms with Gasteiger partial charge in [-0.15, -0.1) is 0 Å². The molecule has 11 heterocycles. The van der Waals surface area contributed by atoms with Crippen LogP contribution < -0.4 is 64.2 Å². The zero-order chi connectivity index (χ0) is 91.9. The number of anilines is 4. The van der Waals surface area contributed by atoms with Crippen molar-refractivity contribution >= 4 is 97.5 Å². The maximum atomic E-state index is 13.1. The number of rotatable bonds is 27. The zero-order valence-corrected chi connectivity index (χ0v) is 75.7. The SMILES string of the molecule is CNC(=O)c1cn(-c2ccc3c(c2)CCC3)c2nc(NCCCN3CCCC3=O)ncc2c1=O.CNC(=O)c1cn(-c2ccc3c(c2)CCC3)c2nc(NCCCN3CCN(C)CC3)ncc2c1=O.CNC(=O)c1cn(-c2ccc3c(c2)CCC3)c2nc(NCCCN3CCOCC3)ncc2c1=O.CNC(=O)c1cn(-c2ccc3c(c2)CCC3)c2nc(NCCOC)ncc2c1=O. The number of likely N-dealkylation sites (tertiary alicyclic amines) is 1. The van der Waals surface area contributed by atoms with E-state index in [0.717, 1.165) is 211 Å². The molecular weight excluding hydrogens is 1680 g/mol. The van der Waals surface area contributed by atoms with E-state index in [0.29, 0.717) is 95.2 Å². The van der Waals surface area contributed by atoms with Gasteiger partial charge in [-0.05, 0) is 216 Å². The van der Waals surface area contributed by atoms with E-state index in [9.17, 15) is 43.2 Å². The summed E-state index contributed by atoms with van der Waals surface area (Å²) in [6.07, 6.45) is 29.6. The van der Waals surface area contributed by atoms with Crippen LogP contribution in [0, 0.1) is 0 Å². The number of ether oxygens (including phenoxy) is 2. The molecule has 0 bridgehead atoms. The molecule has 8 N–H and O–H groups in total. The third kappa shape index (κ3) is 20.9. The van der Waals surface area contributed by atoms with Crippen LogP contribution in [-0.4, -0.2) is 261 Å². The standard InChI is InChI=1S/C26H33N7O2.C25H28N6O3.C25H30N6O3.C21H23N5O3/c1-27-25(35)22-17-33(20-8-7-18-5-3-6-19(18)15-20)24-21(23(22)34)16-29-26(30-24)28-9-4-10-32-13-11-31(2)12-14-32;1-26-24(34)20-15-31(18-9-8-16-5-2-6-17(16)13-18)23-19(22(20)33)14-28-25(29-23)27-10-4-12-30-11-3-7-21(30)32;1-26-24(33)21-16-31(19-7-6-17-4-2-5-18(17)14-19)23-20(22(21)32)15-28-25(29-23)27-8-3-9-30-10-12-34-13-11-30;1-22-20(28)17-12-26(15-7-6-13-4-3-5-14(13)10-15)19-16(18(17)27)11-24-21(25-19)23-8-9-29-2/h7-8,15-17H,3-6,9-14H2,1-2H3,(H,27,35)(H,28,29,30);8-9,13-15H,2-7,10-12H2,1H3,(H,26,34)(H,27,28,29);6-7,14-16H,2-5,8-13H2,1H3,(H,26,33)(H,27,28,29);6-7,10-12H,3-5,8-9H2,1-2H3,(H,22,28)(H,23,24,25). The van der Waals surface area contributed by atoms with Crippen molar-refractivity contribution in [2.45, 2.75) is 109 Å². The number of amides is 5. The number of carbonyl (C=O) groups is 5. The van der Waals surface area contributed by atoms with Crippen molar-refractivity contribution in [3.8, 4) is 22.7 Å². The first-order chi connectivity index (χ1) is 64.3. The Morgan fingerprint density at radius 3 is 0.970 bits per heavy atom. The Morgan fingerprint density at radius 1 is 0.364 bits per heavy atom. The predicted molar refractivity (Wildman–Crippen MR) is 509 cm³/mol. The Kier molecular flexibility index (Phi) is 29.5.